The molecule has 1 amide bonds. The lowest BCUT2D eigenvalue weighted by atomic mass is 9.95. The molecule has 2 aliphatic rings. The highest BCUT2D eigenvalue weighted by Gasteiger charge is 2.30. The number of carbonyl (C=O) groups is 1. The minimum Gasteiger partial charge on any atom is -0.445 e. The van der Waals surface area contributed by atoms with E-state index in [0.717, 1.165) is 37.2 Å². The molecule has 1 atom stereocenters. The van der Waals surface area contributed by atoms with Gasteiger partial charge in [0, 0.05) is 25.4 Å². The highest BCUT2D eigenvalue weighted by Crippen LogP contribution is 2.38. The molecule has 4 rings (SSSR count). The first-order chi connectivity index (χ1) is 12.3. The fourth-order valence-corrected chi connectivity index (χ4v) is 3.31. The van der Waals surface area contributed by atoms with Gasteiger partial charge in [0.25, 0.3) is 0 Å². The summed E-state index contributed by atoms with van der Waals surface area (Å²) in [5, 5.41) is 4.07. The van der Waals surface area contributed by atoms with Crippen LogP contribution in [0.5, 0.6) is 0 Å². The molecule has 2 aromatic rings. The van der Waals surface area contributed by atoms with Crippen LogP contribution in [-0.4, -0.2) is 34.2 Å². The van der Waals surface area contributed by atoms with Crippen LogP contribution >= 0.6 is 0 Å². The third kappa shape index (κ3) is 4.18. The average molecular weight is 341 g/mol. The predicted octanol–water partition coefficient (Wildman–Crippen LogP) is 3.54. The van der Waals surface area contributed by atoms with Crippen molar-refractivity contribution < 1.29 is 14.1 Å². The number of hydrogen-bond donors (Lipinski definition) is 0. The standard InChI is InChI=1S/C19H23N3O3/c23-19(24-13-14-5-2-1-3-6-14)22-10-4-7-15(12-22)11-17-20-18(21-25-17)16-8-9-16/h1-3,5-6,15-16H,4,7-13H2/t15-/m0/s1. The van der Waals surface area contributed by atoms with Crippen molar-refractivity contribution in [1.29, 1.82) is 0 Å². The summed E-state index contributed by atoms with van der Waals surface area (Å²) in [6.45, 7) is 1.76. The van der Waals surface area contributed by atoms with E-state index in [0.29, 0.717) is 30.9 Å². The van der Waals surface area contributed by atoms with Crippen molar-refractivity contribution >= 4 is 6.09 Å². The van der Waals surface area contributed by atoms with Crippen molar-refractivity contribution in [2.24, 2.45) is 5.92 Å². The number of ether oxygens (including phenoxy) is 1. The summed E-state index contributed by atoms with van der Waals surface area (Å²) in [4.78, 5) is 18.6. The highest BCUT2D eigenvalue weighted by atomic mass is 16.6. The van der Waals surface area contributed by atoms with E-state index in [1.54, 1.807) is 4.90 Å². The number of likely N-dealkylation sites (tertiary alicyclic amines) is 1. The summed E-state index contributed by atoms with van der Waals surface area (Å²) in [6.07, 6.45) is 4.89. The maximum atomic E-state index is 12.3. The van der Waals surface area contributed by atoms with E-state index in [1.807, 2.05) is 30.3 Å². The normalized spacial score (nSPS) is 20.5. The maximum Gasteiger partial charge on any atom is 0.410 e. The monoisotopic (exact) mass is 341 g/mol. The van der Waals surface area contributed by atoms with Crippen molar-refractivity contribution in [3.63, 3.8) is 0 Å². The SMILES string of the molecule is O=C(OCc1ccccc1)N1CCC[C@@H](Cc2nc(C3CC3)no2)C1. The minimum absolute atomic E-state index is 0.238. The Morgan fingerprint density at radius 3 is 2.88 bits per heavy atom. The van der Waals surface area contributed by atoms with Crippen molar-refractivity contribution in [1.82, 2.24) is 15.0 Å². The van der Waals surface area contributed by atoms with E-state index in [9.17, 15) is 4.79 Å². The van der Waals surface area contributed by atoms with Crippen molar-refractivity contribution in [3.05, 3.63) is 47.6 Å². The van der Waals surface area contributed by atoms with Crippen LogP contribution in [0.2, 0.25) is 0 Å². The first kappa shape index (κ1) is 16.1. The highest BCUT2D eigenvalue weighted by molar-refractivity contribution is 5.67. The van der Waals surface area contributed by atoms with Gasteiger partial charge in [-0.2, -0.15) is 4.98 Å². The molecule has 1 aromatic heterocycles. The van der Waals surface area contributed by atoms with Crippen molar-refractivity contribution in [2.75, 3.05) is 13.1 Å². The topological polar surface area (TPSA) is 68.5 Å². The number of hydrogen-bond acceptors (Lipinski definition) is 5. The molecule has 0 bridgehead atoms. The minimum atomic E-state index is -0.238. The van der Waals surface area contributed by atoms with Crippen LogP contribution in [0, 0.1) is 5.92 Å². The summed E-state index contributed by atoms with van der Waals surface area (Å²) in [5.74, 6) is 2.41. The fraction of sp³-hybridized carbons (Fsp3) is 0.526. The summed E-state index contributed by atoms with van der Waals surface area (Å²) in [7, 11) is 0. The molecule has 0 radical (unpaired) electrons. The summed E-state index contributed by atoms with van der Waals surface area (Å²) >= 11 is 0. The Balaban J connectivity index is 1.28. The van der Waals surface area contributed by atoms with Gasteiger partial charge in [0.05, 0.1) is 0 Å². The van der Waals surface area contributed by atoms with Crippen LogP contribution in [0.3, 0.4) is 0 Å². The number of aromatic nitrogens is 2. The largest absolute Gasteiger partial charge is 0.445 e. The fourth-order valence-electron chi connectivity index (χ4n) is 3.31. The molecule has 2 heterocycles. The number of carbonyl (C=O) groups excluding carboxylic acids is 1. The summed E-state index contributed by atoms with van der Waals surface area (Å²) in [6, 6.07) is 9.76. The molecular weight excluding hydrogens is 318 g/mol. The van der Waals surface area contributed by atoms with Crippen LogP contribution in [0.25, 0.3) is 0 Å². The van der Waals surface area contributed by atoms with E-state index >= 15 is 0 Å². The van der Waals surface area contributed by atoms with Gasteiger partial charge in [-0.3, -0.25) is 0 Å². The van der Waals surface area contributed by atoms with Gasteiger partial charge in [0.2, 0.25) is 5.89 Å². The summed E-state index contributed by atoms with van der Waals surface area (Å²) in [5.41, 5.74) is 1.00. The van der Waals surface area contributed by atoms with Crippen LogP contribution in [0.4, 0.5) is 4.79 Å². The Labute approximate surface area is 147 Å². The van der Waals surface area contributed by atoms with E-state index in [4.69, 9.17) is 9.26 Å². The van der Waals surface area contributed by atoms with Gasteiger partial charge in [-0.1, -0.05) is 35.5 Å². The molecule has 0 unspecified atom stereocenters. The van der Waals surface area contributed by atoms with Gasteiger partial charge >= 0.3 is 6.09 Å². The van der Waals surface area contributed by atoms with Crippen LogP contribution < -0.4 is 0 Å². The number of rotatable bonds is 5. The second-order valence-electron chi connectivity index (χ2n) is 7.02. The summed E-state index contributed by atoms with van der Waals surface area (Å²) < 4.78 is 10.8. The number of nitrogens with zero attached hydrogens (tertiary/aromatic N) is 3. The Hall–Kier alpha value is -2.37. The van der Waals surface area contributed by atoms with E-state index < -0.39 is 0 Å². The Morgan fingerprint density at radius 1 is 1.24 bits per heavy atom. The van der Waals surface area contributed by atoms with E-state index in [2.05, 4.69) is 10.1 Å². The second kappa shape index (κ2) is 7.25. The van der Waals surface area contributed by atoms with E-state index in [1.165, 1.54) is 12.8 Å². The second-order valence-corrected chi connectivity index (χ2v) is 7.02. The molecule has 0 spiro atoms. The van der Waals surface area contributed by atoms with Gasteiger partial charge in [-0.15, -0.1) is 0 Å². The van der Waals surface area contributed by atoms with Gasteiger partial charge in [0.15, 0.2) is 5.82 Å². The molecule has 1 aliphatic carbocycles. The molecule has 1 saturated heterocycles. The van der Waals surface area contributed by atoms with Crippen LogP contribution in [-0.2, 0) is 17.8 Å². The third-order valence-corrected chi connectivity index (χ3v) is 4.87. The zero-order chi connectivity index (χ0) is 17.1. The molecule has 1 saturated carbocycles. The zero-order valence-corrected chi connectivity index (χ0v) is 14.3. The first-order valence-corrected chi connectivity index (χ1v) is 9.06. The Kier molecular flexibility index (Phi) is 4.68. The average Bonchev–Trinajstić information content (AvgIpc) is 3.40. The molecule has 1 aliphatic heterocycles. The van der Waals surface area contributed by atoms with Gasteiger partial charge < -0.3 is 14.2 Å². The molecule has 6 nitrogen and oxygen atoms in total. The third-order valence-electron chi connectivity index (χ3n) is 4.87. The number of amides is 1. The molecule has 6 heteroatoms. The van der Waals surface area contributed by atoms with Crippen LogP contribution in [0.15, 0.2) is 34.9 Å². The van der Waals surface area contributed by atoms with Crippen LogP contribution in [0.1, 0.15) is 48.9 Å². The zero-order valence-electron chi connectivity index (χ0n) is 14.3. The smallest absolute Gasteiger partial charge is 0.410 e. The van der Waals surface area contributed by atoms with Crippen molar-refractivity contribution in [2.45, 2.75) is 44.6 Å². The number of piperidine rings is 1. The van der Waals surface area contributed by atoms with Gasteiger partial charge in [-0.05, 0) is 37.2 Å². The molecule has 0 N–H and O–H groups in total. The Morgan fingerprint density at radius 2 is 2.08 bits per heavy atom. The Bertz CT molecular complexity index is 712. The van der Waals surface area contributed by atoms with E-state index in [-0.39, 0.29) is 6.09 Å². The lowest BCUT2D eigenvalue weighted by Gasteiger charge is -2.31. The van der Waals surface area contributed by atoms with Crippen molar-refractivity contribution in [3.8, 4) is 0 Å². The molecule has 25 heavy (non-hydrogen) atoms. The quantitative estimate of drug-likeness (QED) is 0.832. The predicted molar refractivity (Wildman–Crippen MR) is 90.9 cm³/mol. The molecule has 2 fully saturated rings. The molecular formula is C19H23N3O3. The van der Waals surface area contributed by atoms with Gasteiger partial charge in [-0.25, -0.2) is 4.79 Å². The molecule has 132 valence electrons. The maximum absolute atomic E-state index is 12.3. The van der Waals surface area contributed by atoms with Gasteiger partial charge in [0.1, 0.15) is 6.61 Å². The molecule has 1 aromatic carbocycles. The number of benzene rings is 1. The lowest BCUT2D eigenvalue weighted by molar-refractivity contribution is 0.0780. The lowest BCUT2D eigenvalue weighted by Crippen LogP contribution is -2.40. The first-order valence-electron chi connectivity index (χ1n) is 9.06.